The molecule has 0 unspecified atom stereocenters. The van der Waals surface area contributed by atoms with E-state index in [9.17, 15) is 8.42 Å². The lowest BCUT2D eigenvalue weighted by molar-refractivity contribution is 0.413. The number of anilines is 1. The number of halogens is 2. The molecule has 2 heterocycles. The normalized spacial score (nSPS) is 16.3. The molecule has 0 radical (unpaired) electrons. The number of benzene rings is 1. The second-order valence-electron chi connectivity index (χ2n) is 5.73. The predicted molar refractivity (Wildman–Crippen MR) is 101 cm³/mol. The third-order valence-electron chi connectivity index (χ3n) is 4.09. The quantitative estimate of drug-likeness (QED) is 0.713. The summed E-state index contributed by atoms with van der Waals surface area (Å²) in [7, 11) is -2.04. The maximum Gasteiger partial charge on any atom is 0.243 e. The van der Waals surface area contributed by atoms with Crippen molar-refractivity contribution in [3.63, 3.8) is 0 Å². The molecule has 0 saturated carbocycles. The summed E-state index contributed by atoms with van der Waals surface area (Å²) in [6.07, 6.45) is 0.642. The molecule has 1 aliphatic rings. The first-order chi connectivity index (χ1) is 12.4. The number of hydrogen-bond donors (Lipinski definition) is 0. The summed E-state index contributed by atoms with van der Waals surface area (Å²) in [6, 6.07) is 7.84. The minimum atomic E-state index is -3.57. The molecule has 1 aromatic carbocycles. The van der Waals surface area contributed by atoms with Crippen LogP contribution in [0.2, 0.25) is 10.3 Å². The fourth-order valence-corrected chi connectivity index (χ4v) is 4.63. The van der Waals surface area contributed by atoms with Gasteiger partial charge in [-0.05, 0) is 30.7 Å². The average molecular weight is 417 g/mol. The number of ether oxygens (including phenoxy) is 1. The van der Waals surface area contributed by atoms with Crippen LogP contribution in [0.25, 0.3) is 0 Å². The molecule has 0 spiro atoms. The van der Waals surface area contributed by atoms with Crippen LogP contribution in [0.15, 0.2) is 35.2 Å². The molecule has 1 saturated heterocycles. The molecule has 1 fully saturated rings. The minimum Gasteiger partial charge on any atom is -0.497 e. The first-order valence-electron chi connectivity index (χ1n) is 7.99. The van der Waals surface area contributed by atoms with E-state index in [-0.39, 0.29) is 15.2 Å². The van der Waals surface area contributed by atoms with E-state index < -0.39 is 10.0 Å². The van der Waals surface area contributed by atoms with Gasteiger partial charge in [0.1, 0.15) is 16.1 Å². The van der Waals surface area contributed by atoms with Crippen LogP contribution in [-0.4, -0.2) is 56.0 Å². The summed E-state index contributed by atoms with van der Waals surface area (Å²) in [5.41, 5.74) is 0. The van der Waals surface area contributed by atoms with Gasteiger partial charge < -0.3 is 9.64 Å². The zero-order chi connectivity index (χ0) is 18.7. The highest BCUT2D eigenvalue weighted by Crippen LogP contribution is 2.23. The Morgan fingerprint density at radius 2 is 1.65 bits per heavy atom. The molecule has 0 aliphatic carbocycles. The van der Waals surface area contributed by atoms with E-state index in [1.807, 2.05) is 4.90 Å². The molecular formula is C16H18Cl2N4O3S. The number of rotatable bonds is 4. The summed E-state index contributed by atoms with van der Waals surface area (Å²) >= 11 is 11.9. The van der Waals surface area contributed by atoms with E-state index >= 15 is 0 Å². The Kier molecular flexibility index (Phi) is 5.86. The van der Waals surface area contributed by atoms with Gasteiger partial charge in [-0.25, -0.2) is 18.4 Å². The van der Waals surface area contributed by atoms with E-state index in [1.165, 1.54) is 17.5 Å². The van der Waals surface area contributed by atoms with Crippen molar-refractivity contribution in [3.8, 4) is 5.75 Å². The first kappa shape index (κ1) is 19.2. The second kappa shape index (κ2) is 7.96. The lowest BCUT2D eigenvalue weighted by Gasteiger charge is -2.22. The number of hydrogen-bond acceptors (Lipinski definition) is 6. The average Bonchev–Trinajstić information content (AvgIpc) is 2.87. The van der Waals surface area contributed by atoms with Gasteiger partial charge in [0.2, 0.25) is 16.0 Å². The summed E-state index contributed by atoms with van der Waals surface area (Å²) in [5.74, 6) is 1.02. The highest BCUT2D eigenvalue weighted by Gasteiger charge is 2.27. The monoisotopic (exact) mass is 416 g/mol. The fraction of sp³-hybridized carbons (Fsp3) is 0.375. The van der Waals surface area contributed by atoms with Gasteiger partial charge in [-0.2, -0.15) is 4.31 Å². The summed E-state index contributed by atoms with van der Waals surface area (Å²) < 4.78 is 32.3. The summed E-state index contributed by atoms with van der Waals surface area (Å²) in [5, 5.41) is 0.513. The van der Waals surface area contributed by atoms with Crippen molar-refractivity contribution in [2.75, 3.05) is 38.2 Å². The molecule has 10 heteroatoms. The van der Waals surface area contributed by atoms with Crippen LogP contribution in [0.5, 0.6) is 5.75 Å². The molecule has 3 rings (SSSR count). The Morgan fingerprint density at radius 3 is 2.27 bits per heavy atom. The van der Waals surface area contributed by atoms with E-state index in [1.54, 1.807) is 24.3 Å². The van der Waals surface area contributed by atoms with Gasteiger partial charge >= 0.3 is 0 Å². The molecule has 140 valence electrons. The van der Waals surface area contributed by atoms with E-state index in [2.05, 4.69) is 9.97 Å². The van der Waals surface area contributed by atoms with Crippen molar-refractivity contribution >= 4 is 39.2 Å². The van der Waals surface area contributed by atoms with E-state index in [0.717, 1.165) is 0 Å². The van der Waals surface area contributed by atoms with Crippen molar-refractivity contribution in [1.82, 2.24) is 14.3 Å². The highest BCUT2D eigenvalue weighted by molar-refractivity contribution is 7.89. The number of sulfonamides is 1. The Balaban J connectivity index is 1.76. The van der Waals surface area contributed by atoms with Gasteiger partial charge in [-0.15, -0.1) is 0 Å². The minimum absolute atomic E-state index is 0.244. The topological polar surface area (TPSA) is 75.6 Å². The fourth-order valence-electron chi connectivity index (χ4n) is 2.75. The molecule has 0 bridgehead atoms. The zero-order valence-corrected chi connectivity index (χ0v) is 16.4. The Morgan fingerprint density at radius 1 is 1.00 bits per heavy atom. The van der Waals surface area contributed by atoms with Gasteiger partial charge in [0.05, 0.1) is 12.0 Å². The third kappa shape index (κ3) is 4.20. The summed E-state index contributed by atoms with van der Waals surface area (Å²) in [6.45, 7) is 1.80. The van der Waals surface area contributed by atoms with Crippen molar-refractivity contribution < 1.29 is 13.2 Å². The maximum absolute atomic E-state index is 12.9. The SMILES string of the molecule is COc1ccc(S(=O)(=O)N2CCCN(c3nc(Cl)cc(Cl)n3)CC2)cc1. The number of methoxy groups -OCH3 is 1. The van der Waals surface area contributed by atoms with Crippen LogP contribution in [-0.2, 0) is 10.0 Å². The highest BCUT2D eigenvalue weighted by atomic mass is 35.5. The molecule has 26 heavy (non-hydrogen) atoms. The second-order valence-corrected chi connectivity index (χ2v) is 8.45. The Bertz CT molecular complexity index is 857. The van der Waals surface area contributed by atoms with Gasteiger partial charge in [0.15, 0.2) is 0 Å². The molecule has 0 atom stereocenters. The van der Waals surface area contributed by atoms with Gasteiger partial charge in [0, 0.05) is 32.2 Å². The van der Waals surface area contributed by atoms with E-state index in [0.29, 0.717) is 44.3 Å². The predicted octanol–water partition coefficient (Wildman–Crippen LogP) is 2.69. The lowest BCUT2D eigenvalue weighted by Crippen LogP contribution is -2.35. The smallest absolute Gasteiger partial charge is 0.243 e. The van der Waals surface area contributed by atoms with Crippen molar-refractivity contribution in [1.29, 1.82) is 0 Å². The van der Waals surface area contributed by atoms with Crippen LogP contribution in [0, 0.1) is 0 Å². The molecule has 2 aromatic rings. The first-order valence-corrected chi connectivity index (χ1v) is 10.2. The van der Waals surface area contributed by atoms with Crippen molar-refractivity contribution in [3.05, 3.63) is 40.6 Å². The van der Waals surface area contributed by atoms with Gasteiger partial charge in [-0.3, -0.25) is 0 Å². The number of aromatic nitrogens is 2. The molecule has 0 N–H and O–H groups in total. The Labute approximate surface area is 162 Å². The van der Waals surface area contributed by atoms with Crippen molar-refractivity contribution in [2.24, 2.45) is 0 Å². The number of nitrogens with zero attached hydrogens (tertiary/aromatic N) is 4. The van der Waals surface area contributed by atoms with Gasteiger partial charge in [0.25, 0.3) is 0 Å². The lowest BCUT2D eigenvalue weighted by atomic mass is 10.3. The van der Waals surface area contributed by atoms with Crippen LogP contribution in [0.3, 0.4) is 0 Å². The largest absolute Gasteiger partial charge is 0.497 e. The summed E-state index contributed by atoms with van der Waals surface area (Å²) in [4.78, 5) is 10.5. The standard InChI is InChI=1S/C16H18Cl2N4O3S/c1-25-12-3-5-13(6-4-12)26(23,24)22-8-2-7-21(9-10-22)16-19-14(17)11-15(18)20-16/h3-6,11H,2,7-10H2,1H3. The molecule has 0 amide bonds. The van der Waals surface area contributed by atoms with Crippen LogP contribution >= 0.6 is 23.2 Å². The molecular weight excluding hydrogens is 399 g/mol. The van der Waals surface area contributed by atoms with Crippen LogP contribution in [0.4, 0.5) is 5.95 Å². The van der Waals surface area contributed by atoms with Gasteiger partial charge in [-0.1, -0.05) is 23.2 Å². The zero-order valence-electron chi connectivity index (χ0n) is 14.1. The molecule has 7 nitrogen and oxygen atoms in total. The maximum atomic E-state index is 12.9. The molecule has 1 aromatic heterocycles. The third-order valence-corrected chi connectivity index (χ3v) is 6.39. The molecule has 1 aliphatic heterocycles. The van der Waals surface area contributed by atoms with Crippen LogP contribution in [0.1, 0.15) is 6.42 Å². The van der Waals surface area contributed by atoms with E-state index in [4.69, 9.17) is 27.9 Å². The van der Waals surface area contributed by atoms with Crippen LogP contribution < -0.4 is 9.64 Å². The Hall–Kier alpha value is -1.61. The van der Waals surface area contributed by atoms with Crippen molar-refractivity contribution in [2.45, 2.75) is 11.3 Å².